The first-order chi connectivity index (χ1) is 11.3. The number of rotatable bonds is 6. The molecule has 0 saturated heterocycles. The zero-order chi connectivity index (χ0) is 17.7. The fourth-order valence-corrected chi connectivity index (χ4v) is 2.56. The summed E-state index contributed by atoms with van der Waals surface area (Å²) >= 11 is 0. The van der Waals surface area contributed by atoms with Gasteiger partial charge in [-0.2, -0.15) is 0 Å². The van der Waals surface area contributed by atoms with Crippen molar-refractivity contribution < 1.29 is 9.90 Å². The summed E-state index contributed by atoms with van der Waals surface area (Å²) < 4.78 is 0. The van der Waals surface area contributed by atoms with Crippen molar-refractivity contribution in [2.24, 2.45) is 0 Å². The van der Waals surface area contributed by atoms with Gasteiger partial charge in [-0.05, 0) is 69.0 Å². The van der Waals surface area contributed by atoms with Gasteiger partial charge in [-0.3, -0.25) is 9.78 Å². The third kappa shape index (κ3) is 4.90. The van der Waals surface area contributed by atoms with Crippen molar-refractivity contribution in [3.8, 4) is 0 Å². The highest BCUT2D eigenvalue weighted by Crippen LogP contribution is 2.21. The molecule has 4 heteroatoms. The second-order valence-corrected chi connectivity index (χ2v) is 6.89. The number of nitrogens with zero attached hydrogens (tertiary/aromatic N) is 2. The summed E-state index contributed by atoms with van der Waals surface area (Å²) in [6, 6.07) is 11.5. The third-order valence-electron chi connectivity index (χ3n) is 4.29. The van der Waals surface area contributed by atoms with E-state index in [4.69, 9.17) is 0 Å². The number of benzene rings is 1. The Kier molecular flexibility index (Phi) is 5.73. The number of aliphatic hydroxyl groups is 1. The molecule has 1 aromatic carbocycles. The Bertz CT molecular complexity index is 678. The summed E-state index contributed by atoms with van der Waals surface area (Å²) in [5, 5.41) is 9.86. The molecule has 0 bridgehead atoms. The molecule has 0 aliphatic rings. The van der Waals surface area contributed by atoms with Gasteiger partial charge in [-0.1, -0.05) is 12.1 Å². The van der Waals surface area contributed by atoms with Crippen LogP contribution in [0.3, 0.4) is 0 Å². The van der Waals surface area contributed by atoms with Crippen molar-refractivity contribution in [2.45, 2.75) is 45.3 Å². The van der Waals surface area contributed by atoms with Crippen LogP contribution < -0.4 is 0 Å². The molecule has 1 atom stereocenters. The maximum absolute atomic E-state index is 12.8. The molecule has 1 aromatic heterocycles. The average molecular weight is 326 g/mol. The Morgan fingerprint density at radius 2 is 1.92 bits per heavy atom. The summed E-state index contributed by atoms with van der Waals surface area (Å²) in [6.07, 6.45) is 4.88. The highest BCUT2D eigenvalue weighted by molar-refractivity contribution is 5.94. The van der Waals surface area contributed by atoms with E-state index >= 15 is 0 Å². The molecule has 0 aliphatic carbocycles. The van der Waals surface area contributed by atoms with Crippen LogP contribution in [-0.2, 0) is 6.42 Å². The number of hydrogen-bond donors (Lipinski definition) is 1. The van der Waals surface area contributed by atoms with Gasteiger partial charge in [0.05, 0.1) is 11.6 Å². The minimum absolute atomic E-state index is 0.00980. The molecule has 128 valence electrons. The molecule has 1 unspecified atom stereocenters. The molecule has 1 amide bonds. The predicted octanol–water partition coefficient (Wildman–Crippen LogP) is 3.62. The van der Waals surface area contributed by atoms with Crippen molar-refractivity contribution in [3.05, 3.63) is 65.5 Å². The Labute approximate surface area is 144 Å². The van der Waals surface area contributed by atoms with Crippen LogP contribution in [0.2, 0.25) is 0 Å². The van der Waals surface area contributed by atoms with Crippen LogP contribution in [-0.4, -0.2) is 33.5 Å². The quantitative estimate of drug-likeness (QED) is 0.882. The van der Waals surface area contributed by atoms with Crippen molar-refractivity contribution in [2.75, 3.05) is 7.05 Å². The van der Waals surface area contributed by atoms with E-state index in [1.54, 1.807) is 31.1 Å². The minimum atomic E-state index is -0.702. The Hall–Kier alpha value is -2.20. The fourth-order valence-electron chi connectivity index (χ4n) is 2.56. The van der Waals surface area contributed by atoms with Crippen LogP contribution in [0.15, 0.2) is 48.8 Å². The molecular formula is C20H26N2O2. The van der Waals surface area contributed by atoms with Crippen molar-refractivity contribution >= 4 is 5.91 Å². The number of carbonyl (C=O) groups excluding carboxylic acids is 1. The highest BCUT2D eigenvalue weighted by atomic mass is 16.3. The van der Waals surface area contributed by atoms with Gasteiger partial charge in [0.1, 0.15) is 0 Å². The molecule has 0 spiro atoms. The smallest absolute Gasteiger partial charge is 0.254 e. The highest BCUT2D eigenvalue weighted by Gasteiger charge is 2.19. The molecule has 2 aromatic rings. The lowest BCUT2D eigenvalue weighted by molar-refractivity contribution is 0.0714. The van der Waals surface area contributed by atoms with Crippen LogP contribution in [0.1, 0.15) is 54.7 Å². The first-order valence-electron chi connectivity index (χ1n) is 8.26. The standard InChI is InChI=1S/C20H26N2O2/c1-15(17-9-12-21-13-10-17)22(4)19(23)18-7-5-6-16(14-18)8-11-20(2,3)24/h5-7,9-10,12-15,24H,8,11H2,1-4H3. The number of pyridine rings is 1. The van der Waals surface area contributed by atoms with Gasteiger partial charge in [0, 0.05) is 25.0 Å². The zero-order valence-corrected chi connectivity index (χ0v) is 14.9. The number of amides is 1. The molecule has 0 fully saturated rings. The molecule has 1 N–H and O–H groups in total. The Morgan fingerprint density at radius 1 is 1.25 bits per heavy atom. The van der Waals surface area contributed by atoms with E-state index in [0.29, 0.717) is 12.0 Å². The second kappa shape index (κ2) is 7.58. The molecule has 2 rings (SSSR count). The molecule has 0 radical (unpaired) electrons. The lowest BCUT2D eigenvalue weighted by atomic mass is 9.97. The second-order valence-electron chi connectivity index (χ2n) is 6.89. The third-order valence-corrected chi connectivity index (χ3v) is 4.29. The molecule has 1 heterocycles. The van der Waals surface area contributed by atoms with Crippen LogP contribution >= 0.6 is 0 Å². The molecule has 4 nitrogen and oxygen atoms in total. The van der Waals surface area contributed by atoms with E-state index in [2.05, 4.69) is 4.98 Å². The average Bonchev–Trinajstić information content (AvgIpc) is 2.58. The predicted molar refractivity (Wildman–Crippen MR) is 95.8 cm³/mol. The summed E-state index contributed by atoms with van der Waals surface area (Å²) in [4.78, 5) is 18.5. The lowest BCUT2D eigenvalue weighted by Gasteiger charge is -2.25. The zero-order valence-electron chi connectivity index (χ0n) is 14.9. The van der Waals surface area contributed by atoms with Crippen LogP contribution in [0.5, 0.6) is 0 Å². The van der Waals surface area contributed by atoms with Gasteiger partial charge >= 0.3 is 0 Å². The molecular weight excluding hydrogens is 300 g/mol. The van der Waals surface area contributed by atoms with Crippen LogP contribution in [0.4, 0.5) is 0 Å². The molecule has 0 aliphatic heterocycles. The minimum Gasteiger partial charge on any atom is -0.390 e. The van der Waals surface area contributed by atoms with Crippen LogP contribution in [0, 0.1) is 0 Å². The number of aromatic nitrogens is 1. The van der Waals surface area contributed by atoms with Gasteiger partial charge in [-0.15, -0.1) is 0 Å². The van der Waals surface area contributed by atoms with Gasteiger partial charge in [0.25, 0.3) is 5.91 Å². The van der Waals surface area contributed by atoms with Crippen LogP contribution in [0.25, 0.3) is 0 Å². The first-order valence-corrected chi connectivity index (χ1v) is 8.26. The van der Waals surface area contributed by atoms with Crippen molar-refractivity contribution in [3.63, 3.8) is 0 Å². The number of hydrogen-bond acceptors (Lipinski definition) is 3. The van der Waals surface area contributed by atoms with E-state index in [-0.39, 0.29) is 11.9 Å². The largest absolute Gasteiger partial charge is 0.390 e. The van der Waals surface area contributed by atoms with Crippen molar-refractivity contribution in [1.82, 2.24) is 9.88 Å². The van der Waals surface area contributed by atoms with Gasteiger partial charge in [-0.25, -0.2) is 0 Å². The van der Waals surface area contributed by atoms with Gasteiger partial charge in [0.15, 0.2) is 0 Å². The number of carbonyl (C=O) groups is 1. The first kappa shape index (κ1) is 18.1. The monoisotopic (exact) mass is 326 g/mol. The summed E-state index contributed by atoms with van der Waals surface area (Å²) in [7, 11) is 1.82. The molecule has 0 saturated carbocycles. The SMILES string of the molecule is CC(c1ccncc1)N(C)C(=O)c1cccc(CCC(C)(C)O)c1. The summed E-state index contributed by atoms with van der Waals surface area (Å²) in [5.41, 5.74) is 2.09. The van der Waals surface area contributed by atoms with E-state index in [9.17, 15) is 9.90 Å². The topological polar surface area (TPSA) is 53.4 Å². The summed E-state index contributed by atoms with van der Waals surface area (Å²) in [6.45, 7) is 5.60. The fraction of sp³-hybridized carbons (Fsp3) is 0.400. The number of aryl methyl sites for hydroxylation is 1. The Morgan fingerprint density at radius 3 is 2.54 bits per heavy atom. The van der Waals surface area contributed by atoms with E-state index in [0.717, 1.165) is 17.5 Å². The van der Waals surface area contributed by atoms with E-state index < -0.39 is 5.60 Å². The maximum atomic E-state index is 12.8. The summed E-state index contributed by atoms with van der Waals surface area (Å²) in [5.74, 6) is -0.00980. The maximum Gasteiger partial charge on any atom is 0.254 e. The van der Waals surface area contributed by atoms with Gasteiger partial charge in [0.2, 0.25) is 0 Å². The Balaban J connectivity index is 2.11. The van der Waals surface area contributed by atoms with E-state index in [1.807, 2.05) is 50.4 Å². The van der Waals surface area contributed by atoms with Crippen molar-refractivity contribution in [1.29, 1.82) is 0 Å². The molecule has 24 heavy (non-hydrogen) atoms. The lowest BCUT2D eigenvalue weighted by Crippen LogP contribution is -2.29. The van der Waals surface area contributed by atoms with Gasteiger partial charge < -0.3 is 10.0 Å². The van der Waals surface area contributed by atoms with E-state index in [1.165, 1.54) is 0 Å². The normalized spacial score (nSPS) is 12.7.